The Balaban J connectivity index is 0.00000161. The maximum Gasteiger partial charge on any atom is 2.00 e. The van der Waals surface area contributed by atoms with Crippen molar-refractivity contribution in [2.24, 2.45) is 0 Å². The maximum atomic E-state index is 2.47. The zero-order valence-corrected chi connectivity index (χ0v) is 15.9. The van der Waals surface area contributed by atoms with Crippen LogP contribution >= 0.6 is 0 Å². The maximum absolute atomic E-state index is 2.47. The van der Waals surface area contributed by atoms with Crippen molar-refractivity contribution in [1.29, 1.82) is 0 Å². The van der Waals surface area contributed by atoms with Gasteiger partial charge in [0.25, 0.3) is 0 Å². The van der Waals surface area contributed by atoms with Crippen LogP contribution in [0.15, 0.2) is 24.3 Å². The molecule has 0 saturated heterocycles. The van der Waals surface area contributed by atoms with Gasteiger partial charge in [0.05, 0.1) is 9.52 Å². The molecule has 2 heteroatoms. The molecule has 0 bridgehead atoms. The minimum Gasteiger partial charge on any atom is -0.198 e. The molecule has 0 aliphatic heterocycles. The Labute approximate surface area is 146 Å². The molecule has 0 nitrogen and oxygen atoms in total. The van der Waals surface area contributed by atoms with E-state index in [1.165, 1.54) is 42.9 Å². The minimum atomic E-state index is 0. The largest absolute Gasteiger partial charge is 2.00 e. The van der Waals surface area contributed by atoms with Crippen molar-refractivity contribution in [3.05, 3.63) is 57.6 Å². The van der Waals surface area contributed by atoms with E-state index in [-0.39, 0.29) is 21.7 Å². The molecule has 2 aromatic rings. The van der Waals surface area contributed by atoms with Crippen LogP contribution < -0.4 is 5.19 Å². The van der Waals surface area contributed by atoms with Crippen LogP contribution in [0.4, 0.5) is 0 Å². The molecule has 3 rings (SSSR count). The van der Waals surface area contributed by atoms with Crippen LogP contribution in [0.25, 0.3) is 0 Å². The zero-order chi connectivity index (χ0) is 14.1. The van der Waals surface area contributed by atoms with Gasteiger partial charge in [0.1, 0.15) is 0 Å². The molecule has 1 aliphatic carbocycles. The fourth-order valence-electron chi connectivity index (χ4n) is 3.42. The van der Waals surface area contributed by atoms with E-state index < -0.39 is 0 Å². The summed E-state index contributed by atoms with van der Waals surface area (Å²) in [6, 6.07) is 10.4. The van der Waals surface area contributed by atoms with Crippen LogP contribution in [-0.2, 0) is 40.6 Å². The van der Waals surface area contributed by atoms with Crippen molar-refractivity contribution >= 4 is 14.7 Å². The Morgan fingerprint density at radius 1 is 1.05 bits per heavy atom. The number of hydrogen-bond donors (Lipinski definition) is 0. The predicted octanol–water partition coefficient (Wildman–Crippen LogP) is 3.74. The number of fused-ring (bicyclic) bond motifs is 1. The van der Waals surface area contributed by atoms with Gasteiger partial charge in [-0.3, -0.25) is 0 Å². The van der Waals surface area contributed by atoms with E-state index in [4.69, 9.17) is 0 Å². The van der Waals surface area contributed by atoms with Crippen LogP contribution in [0.2, 0.25) is 0 Å². The molecule has 0 saturated carbocycles. The Bertz CT molecular complexity index is 625. The topological polar surface area (TPSA) is 0 Å². The van der Waals surface area contributed by atoms with Gasteiger partial charge >= 0.3 is 21.7 Å². The average Bonchev–Trinajstić information content (AvgIpc) is 2.78. The second-order valence-corrected chi connectivity index (χ2v) is 7.36. The van der Waals surface area contributed by atoms with Gasteiger partial charge in [-0.25, -0.2) is 0 Å². The molecule has 0 fully saturated rings. The molecule has 2 radical (unpaired) electrons. The van der Waals surface area contributed by atoms with Crippen LogP contribution in [0.3, 0.4) is 0 Å². The molecule has 0 spiro atoms. The smallest absolute Gasteiger partial charge is 0.198 e. The van der Waals surface area contributed by atoms with Crippen molar-refractivity contribution in [2.45, 2.75) is 52.5 Å². The fourth-order valence-corrected chi connectivity index (χ4v) is 4.79. The molecule has 106 valence electrons. The van der Waals surface area contributed by atoms with Crippen LogP contribution in [0.1, 0.15) is 46.2 Å². The second kappa shape index (κ2) is 7.18. The standard InChI is InChI=1S/C19H23Si.Ti/c1-13-7-6-10-19(15(13)3)20-12-16-11-14(2)17-8-4-5-9-18(16)17;/h6-7,10-11H,4-5,8-9,12H2,1-3H3;/q-1;+2. The quantitative estimate of drug-likeness (QED) is 0.595. The Hall–Kier alpha value is -0.499. The Morgan fingerprint density at radius 3 is 2.62 bits per heavy atom. The Morgan fingerprint density at radius 2 is 1.81 bits per heavy atom. The number of benzene rings is 1. The molecule has 0 aromatic heterocycles. The van der Waals surface area contributed by atoms with Gasteiger partial charge in [-0.2, -0.15) is 28.3 Å². The molecule has 0 unspecified atom stereocenters. The third-order valence-electron chi connectivity index (χ3n) is 4.80. The summed E-state index contributed by atoms with van der Waals surface area (Å²) in [7, 11) is 0.912. The first-order valence-corrected chi connectivity index (χ1v) is 8.94. The van der Waals surface area contributed by atoms with Gasteiger partial charge in [0.2, 0.25) is 0 Å². The van der Waals surface area contributed by atoms with Gasteiger partial charge in [0, 0.05) is 0 Å². The molecule has 0 N–H and O–H groups in total. The molecule has 0 amide bonds. The van der Waals surface area contributed by atoms with Gasteiger partial charge in [-0.1, -0.05) is 62.0 Å². The van der Waals surface area contributed by atoms with Crippen molar-refractivity contribution in [3.8, 4) is 0 Å². The molecule has 2 aromatic carbocycles. The Kier molecular flexibility index (Phi) is 5.76. The summed E-state index contributed by atoms with van der Waals surface area (Å²) in [5.74, 6) is 0. The molecular formula is C19H23SiTi+. The summed E-state index contributed by atoms with van der Waals surface area (Å²) in [6.45, 7) is 6.79. The summed E-state index contributed by atoms with van der Waals surface area (Å²) in [4.78, 5) is 0. The normalized spacial score (nSPS) is 13.7. The third-order valence-corrected chi connectivity index (χ3v) is 6.28. The molecular weight excluding hydrogens is 304 g/mol. The van der Waals surface area contributed by atoms with Crippen molar-refractivity contribution in [3.63, 3.8) is 0 Å². The summed E-state index contributed by atoms with van der Waals surface area (Å²) >= 11 is 0. The van der Waals surface area contributed by atoms with Crippen molar-refractivity contribution in [2.75, 3.05) is 0 Å². The van der Waals surface area contributed by atoms with Gasteiger partial charge in [0.15, 0.2) is 0 Å². The SMILES string of the molecule is Cc1cccc([Si]C[c-]2cc(C)c3c2CCCC3)c1C.[Ti+2]. The molecule has 0 atom stereocenters. The van der Waals surface area contributed by atoms with Gasteiger partial charge in [-0.05, 0) is 25.0 Å². The first kappa shape index (κ1) is 16.9. The number of aryl methyl sites for hydroxylation is 2. The zero-order valence-electron chi connectivity index (χ0n) is 13.3. The van der Waals surface area contributed by atoms with Gasteiger partial charge < -0.3 is 0 Å². The van der Waals surface area contributed by atoms with Gasteiger partial charge in [-0.15, -0.1) is 0 Å². The summed E-state index contributed by atoms with van der Waals surface area (Å²) in [5, 5.41) is 1.55. The van der Waals surface area contributed by atoms with Crippen LogP contribution in [-0.4, -0.2) is 9.52 Å². The van der Waals surface area contributed by atoms with E-state index in [9.17, 15) is 0 Å². The molecule has 1 aliphatic rings. The first-order chi connectivity index (χ1) is 9.66. The second-order valence-electron chi connectivity index (χ2n) is 6.12. The van der Waals surface area contributed by atoms with E-state index in [1.54, 1.807) is 27.4 Å². The monoisotopic (exact) mass is 327 g/mol. The van der Waals surface area contributed by atoms with E-state index in [2.05, 4.69) is 45.0 Å². The van der Waals surface area contributed by atoms with E-state index >= 15 is 0 Å². The molecule has 21 heavy (non-hydrogen) atoms. The summed E-state index contributed by atoms with van der Waals surface area (Å²) in [6.07, 6.45) is 5.40. The van der Waals surface area contributed by atoms with E-state index in [0.717, 1.165) is 9.52 Å². The minimum absolute atomic E-state index is 0. The van der Waals surface area contributed by atoms with E-state index in [1.807, 2.05) is 0 Å². The molecule has 0 heterocycles. The summed E-state index contributed by atoms with van der Waals surface area (Å²) in [5.41, 5.74) is 9.47. The third kappa shape index (κ3) is 3.47. The van der Waals surface area contributed by atoms with Crippen LogP contribution in [0, 0.1) is 20.8 Å². The van der Waals surface area contributed by atoms with Crippen LogP contribution in [0.5, 0.6) is 0 Å². The fraction of sp³-hybridized carbons (Fsp3) is 0.421. The first-order valence-electron chi connectivity index (χ1n) is 7.74. The van der Waals surface area contributed by atoms with E-state index in [0.29, 0.717) is 0 Å². The predicted molar refractivity (Wildman–Crippen MR) is 88.4 cm³/mol. The average molecular weight is 327 g/mol. The summed E-state index contributed by atoms with van der Waals surface area (Å²) < 4.78 is 0. The number of hydrogen-bond acceptors (Lipinski definition) is 0. The van der Waals surface area contributed by atoms with Crippen molar-refractivity contribution < 1.29 is 21.7 Å². The number of rotatable bonds is 3. The van der Waals surface area contributed by atoms with Crippen molar-refractivity contribution in [1.82, 2.24) is 0 Å².